The third-order valence-electron chi connectivity index (χ3n) is 3.35. The number of hydrogen-bond acceptors (Lipinski definition) is 3. The summed E-state index contributed by atoms with van der Waals surface area (Å²) in [6.45, 7) is 7.47. The lowest BCUT2D eigenvalue weighted by molar-refractivity contribution is 0.596. The highest BCUT2D eigenvalue weighted by Crippen LogP contribution is 2.25. The minimum Gasteiger partial charge on any atom is -0.306 e. The third kappa shape index (κ3) is 4.58. The molecule has 0 saturated heterocycles. The molecule has 1 aromatic heterocycles. The summed E-state index contributed by atoms with van der Waals surface area (Å²) in [7, 11) is 0. The lowest BCUT2D eigenvalue weighted by atomic mass is 9.99. The zero-order chi connectivity index (χ0) is 15.1. The summed E-state index contributed by atoms with van der Waals surface area (Å²) in [6.07, 6.45) is 5.00. The van der Waals surface area contributed by atoms with Crippen LogP contribution < -0.4 is 5.32 Å². The molecule has 0 aliphatic carbocycles. The Morgan fingerprint density at radius 1 is 1.10 bits per heavy atom. The molecule has 0 bridgehead atoms. The van der Waals surface area contributed by atoms with Crippen LogP contribution in [-0.4, -0.2) is 17.3 Å². The standard InChI is InChI=1S/C18H24N2S/c1-4-10-20-18(16-11-14(3)12-19-13-16)15-6-8-17(9-7-15)21-5-2/h6-9,11-13,18,20H,4-5,10H2,1-3H3. The minimum atomic E-state index is 0.220. The van der Waals surface area contributed by atoms with Gasteiger partial charge in [-0.2, -0.15) is 0 Å². The molecule has 2 aromatic rings. The van der Waals surface area contributed by atoms with Gasteiger partial charge in [-0.25, -0.2) is 0 Å². The van der Waals surface area contributed by atoms with Gasteiger partial charge in [0.1, 0.15) is 0 Å². The maximum absolute atomic E-state index is 4.34. The predicted molar refractivity (Wildman–Crippen MR) is 92.0 cm³/mol. The number of nitrogens with zero attached hydrogens (tertiary/aromatic N) is 1. The third-order valence-corrected chi connectivity index (χ3v) is 4.25. The van der Waals surface area contributed by atoms with Gasteiger partial charge in [0.2, 0.25) is 0 Å². The summed E-state index contributed by atoms with van der Waals surface area (Å²) in [5, 5.41) is 3.63. The van der Waals surface area contributed by atoms with Crippen LogP contribution in [0.25, 0.3) is 0 Å². The van der Waals surface area contributed by atoms with Gasteiger partial charge in [0.15, 0.2) is 0 Å². The van der Waals surface area contributed by atoms with E-state index in [0.29, 0.717) is 0 Å². The largest absolute Gasteiger partial charge is 0.306 e. The van der Waals surface area contributed by atoms with E-state index in [4.69, 9.17) is 0 Å². The van der Waals surface area contributed by atoms with Gasteiger partial charge in [-0.15, -0.1) is 11.8 Å². The summed E-state index contributed by atoms with van der Waals surface area (Å²) in [6, 6.07) is 11.3. The second kappa shape index (κ2) is 8.20. The van der Waals surface area contributed by atoms with E-state index in [2.05, 4.69) is 61.4 Å². The van der Waals surface area contributed by atoms with Crippen LogP contribution in [0.5, 0.6) is 0 Å². The van der Waals surface area contributed by atoms with Gasteiger partial charge < -0.3 is 5.32 Å². The number of pyridine rings is 1. The van der Waals surface area contributed by atoms with Gasteiger partial charge in [-0.1, -0.05) is 32.0 Å². The van der Waals surface area contributed by atoms with Crippen LogP contribution in [0.4, 0.5) is 0 Å². The molecule has 1 aromatic carbocycles. The Morgan fingerprint density at radius 3 is 2.48 bits per heavy atom. The number of hydrogen-bond donors (Lipinski definition) is 1. The Morgan fingerprint density at radius 2 is 1.86 bits per heavy atom. The second-order valence-electron chi connectivity index (χ2n) is 5.18. The van der Waals surface area contributed by atoms with Gasteiger partial charge in [-0.3, -0.25) is 4.98 Å². The Bertz CT molecular complexity index is 551. The highest BCUT2D eigenvalue weighted by molar-refractivity contribution is 7.99. The maximum Gasteiger partial charge on any atom is 0.0592 e. The zero-order valence-electron chi connectivity index (χ0n) is 13.1. The first kappa shape index (κ1) is 16.1. The lowest BCUT2D eigenvalue weighted by Gasteiger charge is -2.20. The van der Waals surface area contributed by atoms with E-state index in [0.717, 1.165) is 18.7 Å². The van der Waals surface area contributed by atoms with Crippen molar-refractivity contribution in [1.29, 1.82) is 0 Å². The van der Waals surface area contributed by atoms with Crippen LogP contribution in [0.2, 0.25) is 0 Å². The quantitative estimate of drug-likeness (QED) is 0.757. The van der Waals surface area contributed by atoms with Gasteiger partial charge in [0, 0.05) is 17.3 Å². The van der Waals surface area contributed by atoms with Gasteiger partial charge in [0.05, 0.1) is 6.04 Å². The number of aryl methyl sites for hydroxylation is 1. The number of nitrogens with one attached hydrogen (secondary N) is 1. The molecule has 2 nitrogen and oxygen atoms in total. The van der Waals surface area contributed by atoms with Crippen molar-refractivity contribution in [3.63, 3.8) is 0 Å². The monoisotopic (exact) mass is 300 g/mol. The zero-order valence-corrected chi connectivity index (χ0v) is 13.9. The van der Waals surface area contributed by atoms with Gasteiger partial charge in [0.25, 0.3) is 0 Å². The first-order valence-electron chi connectivity index (χ1n) is 7.62. The van der Waals surface area contributed by atoms with Gasteiger partial charge >= 0.3 is 0 Å². The van der Waals surface area contributed by atoms with E-state index < -0.39 is 0 Å². The Hall–Kier alpha value is -1.32. The van der Waals surface area contributed by atoms with E-state index in [-0.39, 0.29) is 6.04 Å². The summed E-state index contributed by atoms with van der Waals surface area (Å²) < 4.78 is 0. The minimum absolute atomic E-state index is 0.220. The molecule has 0 radical (unpaired) electrons. The van der Waals surface area contributed by atoms with Crippen LogP contribution in [0, 0.1) is 6.92 Å². The van der Waals surface area contributed by atoms with Crippen LogP contribution in [-0.2, 0) is 0 Å². The molecule has 2 rings (SSSR count). The van der Waals surface area contributed by atoms with Crippen LogP contribution in [0.3, 0.4) is 0 Å². The van der Waals surface area contributed by atoms with Crippen molar-refractivity contribution < 1.29 is 0 Å². The molecule has 1 unspecified atom stereocenters. The molecule has 0 fully saturated rings. The number of thioether (sulfide) groups is 1. The molecule has 0 saturated carbocycles. The fraction of sp³-hybridized carbons (Fsp3) is 0.389. The number of rotatable bonds is 7. The van der Waals surface area contributed by atoms with Crippen molar-refractivity contribution in [2.45, 2.75) is 38.1 Å². The summed E-state index contributed by atoms with van der Waals surface area (Å²) in [4.78, 5) is 5.67. The average Bonchev–Trinajstić information content (AvgIpc) is 2.50. The smallest absolute Gasteiger partial charge is 0.0592 e. The molecular formula is C18H24N2S. The molecule has 1 heterocycles. The van der Waals surface area contributed by atoms with Crippen molar-refractivity contribution in [2.75, 3.05) is 12.3 Å². The van der Waals surface area contributed by atoms with Crippen molar-refractivity contribution in [3.8, 4) is 0 Å². The highest BCUT2D eigenvalue weighted by atomic mass is 32.2. The maximum atomic E-state index is 4.34. The van der Waals surface area contributed by atoms with Crippen LogP contribution >= 0.6 is 11.8 Å². The second-order valence-corrected chi connectivity index (χ2v) is 6.52. The van der Waals surface area contributed by atoms with Gasteiger partial charge in [-0.05, 0) is 54.5 Å². The van der Waals surface area contributed by atoms with Crippen LogP contribution in [0.15, 0.2) is 47.6 Å². The Kier molecular flexibility index (Phi) is 6.27. The summed E-state index contributed by atoms with van der Waals surface area (Å²) in [5.41, 5.74) is 3.74. The van der Waals surface area contributed by atoms with E-state index in [9.17, 15) is 0 Å². The molecule has 0 aliphatic heterocycles. The summed E-state index contributed by atoms with van der Waals surface area (Å²) >= 11 is 1.88. The fourth-order valence-corrected chi connectivity index (χ4v) is 3.04. The van der Waals surface area contributed by atoms with Crippen molar-refractivity contribution in [3.05, 3.63) is 59.4 Å². The lowest BCUT2D eigenvalue weighted by Crippen LogP contribution is -2.23. The van der Waals surface area contributed by atoms with Crippen molar-refractivity contribution >= 4 is 11.8 Å². The first-order chi connectivity index (χ1) is 10.2. The molecule has 3 heteroatoms. The SMILES string of the molecule is CCCNC(c1ccc(SCC)cc1)c1cncc(C)c1. The van der Waals surface area contributed by atoms with E-state index in [1.165, 1.54) is 21.6 Å². The molecule has 0 amide bonds. The first-order valence-corrected chi connectivity index (χ1v) is 8.60. The predicted octanol–water partition coefficient (Wildman–Crippen LogP) is 4.59. The topological polar surface area (TPSA) is 24.9 Å². The average molecular weight is 300 g/mol. The molecule has 112 valence electrons. The Balaban J connectivity index is 2.26. The number of benzene rings is 1. The molecule has 0 spiro atoms. The molecule has 0 aliphatic rings. The van der Waals surface area contributed by atoms with E-state index >= 15 is 0 Å². The molecule has 1 atom stereocenters. The van der Waals surface area contributed by atoms with E-state index in [1.54, 1.807) is 0 Å². The fourth-order valence-electron chi connectivity index (χ4n) is 2.38. The molecule has 1 N–H and O–H groups in total. The normalized spacial score (nSPS) is 12.3. The molecule has 21 heavy (non-hydrogen) atoms. The van der Waals surface area contributed by atoms with Crippen LogP contribution in [0.1, 0.15) is 43.0 Å². The van der Waals surface area contributed by atoms with Crippen molar-refractivity contribution in [1.82, 2.24) is 10.3 Å². The van der Waals surface area contributed by atoms with E-state index in [1.807, 2.05) is 24.2 Å². The molecular weight excluding hydrogens is 276 g/mol. The highest BCUT2D eigenvalue weighted by Gasteiger charge is 2.13. The van der Waals surface area contributed by atoms with Crippen molar-refractivity contribution in [2.24, 2.45) is 0 Å². The number of aromatic nitrogens is 1. The summed E-state index contributed by atoms with van der Waals surface area (Å²) in [5.74, 6) is 1.11. The Labute approximate surface area is 132 Å².